The van der Waals surface area contributed by atoms with Crippen molar-refractivity contribution >= 4 is 17.7 Å². The van der Waals surface area contributed by atoms with Crippen molar-refractivity contribution in [2.45, 2.75) is 37.0 Å². The number of thioether (sulfide) groups is 1. The van der Waals surface area contributed by atoms with Crippen molar-refractivity contribution in [3.05, 3.63) is 35.4 Å². The van der Waals surface area contributed by atoms with Crippen molar-refractivity contribution < 1.29 is 15.0 Å². The zero-order valence-electron chi connectivity index (χ0n) is 10.6. The minimum absolute atomic E-state index is 0.0306. The molecule has 0 aromatic heterocycles. The molecule has 0 unspecified atom stereocenters. The van der Waals surface area contributed by atoms with E-state index in [2.05, 4.69) is 0 Å². The van der Waals surface area contributed by atoms with Crippen molar-refractivity contribution in [1.29, 1.82) is 0 Å². The molecule has 0 spiro atoms. The lowest BCUT2D eigenvalue weighted by Gasteiger charge is -2.28. The van der Waals surface area contributed by atoms with Gasteiger partial charge in [-0.1, -0.05) is 24.3 Å². The lowest BCUT2D eigenvalue weighted by molar-refractivity contribution is -0.139. The number of hydrogen-bond donors (Lipinski definition) is 3. The molecule has 0 radical (unpaired) electrons. The van der Waals surface area contributed by atoms with Gasteiger partial charge < -0.3 is 15.9 Å². The average Bonchev–Trinajstić information content (AvgIpc) is 2.36. The van der Waals surface area contributed by atoms with E-state index in [0.29, 0.717) is 5.75 Å². The Kier molecular flexibility index (Phi) is 5.19. The van der Waals surface area contributed by atoms with Crippen LogP contribution in [0, 0.1) is 0 Å². The van der Waals surface area contributed by atoms with Crippen LogP contribution < -0.4 is 5.73 Å². The summed E-state index contributed by atoms with van der Waals surface area (Å²) in [6.07, 6.45) is 0. The quantitative estimate of drug-likeness (QED) is 0.730. The molecule has 0 aliphatic heterocycles. The molecule has 0 aliphatic carbocycles. The lowest BCUT2D eigenvalue weighted by atomic mass is 10.1. The van der Waals surface area contributed by atoms with Crippen LogP contribution >= 0.6 is 11.8 Å². The van der Waals surface area contributed by atoms with Crippen molar-refractivity contribution in [1.82, 2.24) is 0 Å². The summed E-state index contributed by atoms with van der Waals surface area (Å²) in [6, 6.07) is 6.70. The second-order valence-corrected chi connectivity index (χ2v) is 6.31. The Labute approximate surface area is 111 Å². The molecule has 0 saturated carbocycles. The highest BCUT2D eigenvalue weighted by Gasteiger charge is 2.32. The van der Waals surface area contributed by atoms with Crippen LogP contribution in [0.3, 0.4) is 0 Å². The van der Waals surface area contributed by atoms with E-state index < -0.39 is 16.8 Å². The zero-order chi connectivity index (χ0) is 13.8. The molecule has 4 nitrogen and oxygen atoms in total. The van der Waals surface area contributed by atoms with E-state index in [1.807, 2.05) is 38.1 Å². The Bertz CT molecular complexity index is 403. The van der Waals surface area contributed by atoms with Crippen LogP contribution in [-0.2, 0) is 17.2 Å². The Morgan fingerprint density at radius 2 is 1.83 bits per heavy atom. The Hall–Kier alpha value is -1.04. The largest absolute Gasteiger partial charge is 0.480 e. The Morgan fingerprint density at radius 1 is 1.33 bits per heavy atom. The van der Waals surface area contributed by atoms with Gasteiger partial charge in [0.05, 0.1) is 6.61 Å². The minimum Gasteiger partial charge on any atom is -0.480 e. The fourth-order valence-corrected chi connectivity index (χ4v) is 2.41. The number of nitrogens with two attached hydrogens (primary N) is 1. The molecule has 0 amide bonds. The highest BCUT2D eigenvalue weighted by atomic mass is 32.2. The third-order valence-corrected chi connectivity index (χ3v) is 4.31. The summed E-state index contributed by atoms with van der Waals surface area (Å²) in [5, 5.41) is 17.9. The van der Waals surface area contributed by atoms with Gasteiger partial charge in [-0.3, -0.25) is 4.79 Å². The summed E-state index contributed by atoms with van der Waals surface area (Å²) in [5.74, 6) is -0.289. The predicted octanol–water partition coefficient (Wildman–Crippen LogP) is 1.60. The van der Waals surface area contributed by atoms with E-state index in [-0.39, 0.29) is 6.61 Å². The van der Waals surface area contributed by atoms with Crippen molar-refractivity contribution in [2.75, 3.05) is 0 Å². The first-order valence-corrected chi connectivity index (χ1v) is 6.66. The van der Waals surface area contributed by atoms with E-state index in [1.54, 1.807) is 0 Å². The highest BCUT2D eigenvalue weighted by Crippen LogP contribution is 2.30. The van der Waals surface area contributed by atoms with Crippen LogP contribution in [-0.4, -0.2) is 27.0 Å². The summed E-state index contributed by atoms with van der Waals surface area (Å²) in [7, 11) is 0. The molecular formula is C13H19NO3S. The molecule has 4 N–H and O–H groups in total. The van der Waals surface area contributed by atoms with Crippen LogP contribution in [0.15, 0.2) is 24.3 Å². The smallest absolute Gasteiger partial charge is 0.321 e. The summed E-state index contributed by atoms with van der Waals surface area (Å²) in [4.78, 5) is 10.9. The van der Waals surface area contributed by atoms with Gasteiger partial charge in [-0.25, -0.2) is 0 Å². The molecule has 1 rings (SSSR count). The molecule has 0 fully saturated rings. The molecule has 5 heteroatoms. The number of carboxylic acids is 1. The number of rotatable bonds is 6. The SMILES string of the molecule is CC(C)(SCc1ccc(CO)cc1)[C@H](N)C(=O)O. The lowest BCUT2D eigenvalue weighted by Crippen LogP contribution is -2.46. The summed E-state index contributed by atoms with van der Waals surface area (Å²) >= 11 is 1.51. The first-order valence-electron chi connectivity index (χ1n) is 5.68. The minimum atomic E-state index is -0.983. The molecule has 0 bridgehead atoms. The maximum atomic E-state index is 10.9. The zero-order valence-corrected chi connectivity index (χ0v) is 11.4. The third kappa shape index (κ3) is 4.01. The van der Waals surface area contributed by atoms with Gasteiger partial charge in [-0.05, 0) is 25.0 Å². The molecule has 1 aromatic rings. The fraction of sp³-hybridized carbons (Fsp3) is 0.462. The van der Waals surface area contributed by atoms with E-state index in [0.717, 1.165) is 11.1 Å². The van der Waals surface area contributed by atoms with Crippen molar-refractivity contribution in [3.8, 4) is 0 Å². The van der Waals surface area contributed by atoms with Crippen LogP contribution in [0.5, 0.6) is 0 Å². The molecule has 0 heterocycles. The average molecular weight is 269 g/mol. The van der Waals surface area contributed by atoms with Crippen LogP contribution in [0.25, 0.3) is 0 Å². The number of aliphatic hydroxyl groups excluding tert-OH is 1. The van der Waals surface area contributed by atoms with Crippen LogP contribution in [0.1, 0.15) is 25.0 Å². The van der Waals surface area contributed by atoms with Gasteiger partial charge in [0.2, 0.25) is 0 Å². The highest BCUT2D eigenvalue weighted by molar-refractivity contribution is 7.99. The number of carbonyl (C=O) groups is 1. The number of aliphatic carboxylic acids is 1. The molecule has 0 aliphatic rings. The Balaban J connectivity index is 2.60. The second kappa shape index (κ2) is 6.22. The van der Waals surface area contributed by atoms with E-state index in [4.69, 9.17) is 15.9 Å². The summed E-state index contributed by atoms with van der Waals surface area (Å²) in [5.41, 5.74) is 7.60. The maximum absolute atomic E-state index is 10.9. The van der Waals surface area contributed by atoms with Gasteiger partial charge >= 0.3 is 5.97 Å². The van der Waals surface area contributed by atoms with Gasteiger partial charge in [0, 0.05) is 10.5 Å². The Morgan fingerprint density at radius 3 is 2.28 bits per heavy atom. The monoisotopic (exact) mass is 269 g/mol. The summed E-state index contributed by atoms with van der Waals surface area (Å²) < 4.78 is -0.526. The van der Waals surface area contributed by atoms with Crippen molar-refractivity contribution in [2.24, 2.45) is 5.73 Å². The van der Waals surface area contributed by atoms with Gasteiger partial charge in [0.25, 0.3) is 0 Å². The maximum Gasteiger partial charge on any atom is 0.321 e. The van der Waals surface area contributed by atoms with Crippen LogP contribution in [0.2, 0.25) is 0 Å². The van der Waals surface area contributed by atoms with E-state index >= 15 is 0 Å². The molecule has 0 saturated heterocycles. The normalized spacial score (nSPS) is 13.3. The van der Waals surface area contributed by atoms with E-state index in [9.17, 15) is 4.79 Å². The number of aliphatic hydroxyl groups is 1. The van der Waals surface area contributed by atoms with Crippen molar-refractivity contribution in [3.63, 3.8) is 0 Å². The predicted molar refractivity (Wildman–Crippen MR) is 73.4 cm³/mol. The molecular weight excluding hydrogens is 250 g/mol. The molecule has 1 atom stereocenters. The van der Waals surface area contributed by atoms with Crippen LogP contribution in [0.4, 0.5) is 0 Å². The van der Waals surface area contributed by atoms with Gasteiger partial charge in [-0.15, -0.1) is 11.8 Å². The number of benzene rings is 1. The first-order chi connectivity index (χ1) is 8.36. The fourth-order valence-electron chi connectivity index (χ4n) is 1.40. The van der Waals surface area contributed by atoms with Gasteiger partial charge in [0.15, 0.2) is 0 Å². The summed E-state index contributed by atoms with van der Waals surface area (Å²) in [6.45, 7) is 3.69. The topological polar surface area (TPSA) is 83.5 Å². The molecule has 1 aromatic carbocycles. The second-order valence-electron chi connectivity index (χ2n) is 4.68. The number of hydrogen-bond acceptors (Lipinski definition) is 4. The molecule has 100 valence electrons. The van der Waals surface area contributed by atoms with E-state index in [1.165, 1.54) is 11.8 Å². The number of carboxylic acid groups (broad SMARTS) is 1. The first kappa shape index (κ1) is 15.0. The van der Waals surface area contributed by atoms with Gasteiger partial charge in [0.1, 0.15) is 6.04 Å². The standard InChI is InChI=1S/C13H19NO3S/c1-13(2,11(14)12(16)17)18-8-10-5-3-9(7-15)4-6-10/h3-6,11,15H,7-8,14H2,1-2H3,(H,16,17)/t11-/m1/s1. The molecule has 18 heavy (non-hydrogen) atoms. The van der Waals surface area contributed by atoms with Gasteiger partial charge in [-0.2, -0.15) is 0 Å². The third-order valence-electron chi connectivity index (χ3n) is 2.83.